The average molecular weight is 270 g/mol. The molecule has 1 heterocycles. The highest BCUT2D eigenvalue weighted by Crippen LogP contribution is 2.47. The van der Waals surface area contributed by atoms with Gasteiger partial charge < -0.3 is 19.3 Å². The monoisotopic (exact) mass is 270 g/mol. The molecule has 1 aliphatic rings. The van der Waals surface area contributed by atoms with E-state index in [0.29, 0.717) is 17.1 Å². The second kappa shape index (κ2) is 4.70. The van der Waals surface area contributed by atoms with Crippen LogP contribution in [0.5, 0.6) is 11.5 Å². The number of ether oxygens (including phenoxy) is 3. The highest BCUT2D eigenvalue weighted by Gasteiger charge is 2.46. The molecule has 6 heteroatoms. The molecule has 0 fully saturated rings. The lowest BCUT2D eigenvalue weighted by atomic mass is 9.96. The highest BCUT2D eigenvalue weighted by atomic mass is 32.2. The third-order valence-corrected chi connectivity index (χ3v) is 4.10. The Hall–Kier alpha value is -1.40. The van der Waals surface area contributed by atoms with Gasteiger partial charge in [0.25, 0.3) is 0 Å². The molecule has 1 aromatic carbocycles. The maximum Gasteiger partial charge on any atom is 0.343 e. The number of carbonyl (C=O) groups is 1. The first kappa shape index (κ1) is 13.0. The van der Waals surface area contributed by atoms with Crippen LogP contribution >= 0.6 is 11.8 Å². The third kappa shape index (κ3) is 1.81. The molecule has 0 bridgehead atoms. The van der Waals surface area contributed by atoms with Gasteiger partial charge in [-0.15, -0.1) is 11.8 Å². The lowest BCUT2D eigenvalue weighted by Crippen LogP contribution is -2.36. The van der Waals surface area contributed by atoms with Crippen LogP contribution < -0.4 is 9.47 Å². The van der Waals surface area contributed by atoms with Gasteiger partial charge in [0.05, 0.1) is 21.3 Å². The fourth-order valence-electron chi connectivity index (χ4n) is 1.90. The summed E-state index contributed by atoms with van der Waals surface area (Å²) in [6.45, 7) is 0. The number of rotatable bonds is 3. The second-order valence-electron chi connectivity index (χ2n) is 3.84. The summed E-state index contributed by atoms with van der Waals surface area (Å²) in [7, 11) is 4.30. The quantitative estimate of drug-likeness (QED) is 0.832. The van der Waals surface area contributed by atoms with E-state index < -0.39 is 11.6 Å². The summed E-state index contributed by atoms with van der Waals surface area (Å²) in [5.41, 5.74) is -1.12. The summed E-state index contributed by atoms with van der Waals surface area (Å²) in [5.74, 6) is 0.602. The highest BCUT2D eigenvalue weighted by molar-refractivity contribution is 7.99. The van der Waals surface area contributed by atoms with Crippen molar-refractivity contribution in [2.24, 2.45) is 0 Å². The van der Waals surface area contributed by atoms with E-state index in [-0.39, 0.29) is 5.75 Å². The van der Waals surface area contributed by atoms with Gasteiger partial charge in [0.2, 0.25) is 0 Å². The minimum Gasteiger partial charge on any atom is -0.493 e. The SMILES string of the molecule is COC(=O)[C@]1(O)CSc2cc(OC)c(OC)cc21. The number of thioether (sulfide) groups is 1. The van der Waals surface area contributed by atoms with Gasteiger partial charge in [-0.05, 0) is 12.1 Å². The Balaban J connectivity index is 2.54. The summed E-state index contributed by atoms with van der Waals surface area (Å²) >= 11 is 1.38. The van der Waals surface area contributed by atoms with Gasteiger partial charge in [0.15, 0.2) is 17.1 Å². The second-order valence-corrected chi connectivity index (χ2v) is 4.86. The zero-order chi connectivity index (χ0) is 13.3. The predicted molar refractivity (Wildman–Crippen MR) is 66.2 cm³/mol. The van der Waals surface area contributed by atoms with E-state index >= 15 is 0 Å². The molecule has 1 aliphatic heterocycles. The molecule has 0 saturated heterocycles. The van der Waals surface area contributed by atoms with Gasteiger partial charge in [-0.2, -0.15) is 0 Å². The fourth-order valence-corrected chi connectivity index (χ4v) is 3.11. The number of benzene rings is 1. The van der Waals surface area contributed by atoms with Crippen molar-refractivity contribution < 1.29 is 24.1 Å². The first-order valence-electron chi connectivity index (χ1n) is 5.27. The van der Waals surface area contributed by atoms with Crippen molar-refractivity contribution in [1.29, 1.82) is 0 Å². The summed E-state index contributed by atoms with van der Waals surface area (Å²) in [4.78, 5) is 12.5. The standard InChI is InChI=1S/C12H14O5S/c1-15-8-4-7-10(5-9(8)16-2)18-6-12(7,14)11(13)17-3/h4-5,14H,6H2,1-3H3/t12-/m0/s1. The zero-order valence-corrected chi connectivity index (χ0v) is 11.2. The van der Waals surface area contributed by atoms with E-state index in [9.17, 15) is 9.90 Å². The fraction of sp³-hybridized carbons (Fsp3) is 0.417. The molecule has 98 valence electrons. The maximum absolute atomic E-state index is 11.7. The summed E-state index contributed by atoms with van der Waals surface area (Å²) < 4.78 is 15.0. The molecule has 0 amide bonds. The van der Waals surface area contributed by atoms with Crippen LogP contribution in [0.1, 0.15) is 5.56 Å². The van der Waals surface area contributed by atoms with Crippen molar-refractivity contribution in [2.45, 2.75) is 10.5 Å². The van der Waals surface area contributed by atoms with Crippen molar-refractivity contribution in [2.75, 3.05) is 27.1 Å². The van der Waals surface area contributed by atoms with Crippen LogP contribution in [0, 0.1) is 0 Å². The molecule has 0 saturated carbocycles. The maximum atomic E-state index is 11.7. The Morgan fingerprint density at radius 1 is 1.28 bits per heavy atom. The van der Waals surface area contributed by atoms with Gasteiger partial charge >= 0.3 is 5.97 Å². The van der Waals surface area contributed by atoms with Gasteiger partial charge in [0.1, 0.15) is 0 Å². The van der Waals surface area contributed by atoms with Crippen LogP contribution in [0.25, 0.3) is 0 Å². The Labute approximate surface area is 109 Å². The first-order valence-corrected chi connectivity index (χ1v) is 6.25. The van der Waals surface area contributed by atoms with Crippen molar-refractivity contribution in [3.63, 3.8) is 0 Å². The summed E-state index contributed by atoms with van der Waals surface area (Å²) in [6.07, 6.45) is 0. The van der Waals surface area contributed by atoms with Crippen LogP contribution in [0.15, 0.2) is 17.0 Å². The van der Waals surface area contributed by atoms with E-state index in [2.05, 4.69) is 4.74 Å². The third-order valence-electron chi connectivity index (χ3n) is 2.89. The molecule has 0 radical (unpaired) electrons. The van der Waals surface area contributed by atoms with Crippen LogP contribution in [0.2, 0.25) is 0 Å². The van der Waals surface area contributed by atoms with E-state index in [0.717, 1.165) is 4.90 Å². The molecule has 1 atom stereocenters. The number of aliphatic hydroxyl groups is 1. The smallest absolute Gasteiger partial charge is 0.343 e. The molecule has 0 unspecified atom stereocenters. The zero-order valence-electron chi connectivity index (χ0n) is 10.4. The van der Waals surface area contributed by atoms with E-state index in [1.807, 2.05) is 0 Å². The molecule has 0 spiro atoms. The normalized spacial score (nSPS) is 21.3. The van der Waals surface area contributed by atoms with Gasteiger partial charge in [0, 0.05) is 16.2 Å². The van der Waals surface area contributed by atoms with Gasteiger partial charge in [-0.25, -0.2) is 4.79 Å². The van der Waals surface area contributed by atoms with E-state index in [4.69, 9.17) is 9.47 Å². The predicted octanol–water partition coefficient (Wildman–Crippen LogP) is 1.17. The Kier molecular flexibility index (Phi) is 3.41. The number of fused-ring (bicyclic) bond motifs is 1. The summed E-state index contributed by atoms with van der Waals surface area (Å²) in [5, 5.41) is 10.4. The molecule has 0 aliphatic carbocycles. The molecular formula is C12H14O5S. The number of hydrogen-bond acceptors (Lipinski definition) is 6. The minimum atomic E-state index is -1.62. The van der Waals surface area contributed by atoms with E-state index in [1.165, 1.54) is 33.1 Å². The lowest BCUT2D eigenvalue weighted by molar-refractivity contribution is -0.160. The molecule has 0 aromatic heterocycles. The number of methoxy groups -OCH3 is 3. The molecule has 18 heavy (non-hydrogen) atoms. The van der Waals surface area contributed by atoms with Gasteiger partial charge in [-0.1, -0.05) is 0 Å². The van der Waals surface area contributed by atoms with Crippen LogP contribution in [-0.4, -0.2) is 38.2 Å². The van der Waals surface area contributed by atoms with Crippen molar-refractivity contribution in [1.82, 2.24) is 0 Å². The van der Waals surface area contributed by atoms with E-state index in [1.54, 1.807) is 12.1 Å². The van der Waals surface area contributed by atoms with Crippen LogP contribution in [0.4, 0.5) is 0 Å². The molecule has 5 nitrogen and oxygen atoms in total. The van der Waals surface area contributed by atoms with Gasteiger partial charge in [-0.3, -0.25) is 0 Å². The Morgan fingerprint density at radius 3 is 2.44 bits per heavy atom. The van der Waals surface area contributed by atoms with Crippen molar-refractivity contribution in [3.05, 3.63) is 17.7 Å². The topological polar surface area (TPSA) is 65.0 Å². The lowest BCUT2D eigenvalue weighted by Gasteiger charge is -2.20. The van der Waals surface area contributed by atoms with Crippen LogP contribution in [-0.2, 0) is 15.1 Å². The summed E-state index contributed by atoms with van der Waals surface area (Å²) in [6, 6.07) is 3.37. The molecular weight excluding hydrogens is 256 g/mol. The molecule has 1 aromatic rings. The Bertz CT molecular complexity index is 488. The number of esters is 1. The minimum absolute atomic E-state index is 0.228. The number of hydrogen-bond donors (Lipinski definition) is 1. The van der Waals surface area contributed by atoms with Crippen LogP contribution in [0.3, 0.4) is 0 Å². The average Bonchev–Trinajstić information content (AvgIpc) is 2.74. The Morgan fingerprint density at radius 2 is 1.89 bits per heavy atom. The van der Waals surface area contributed by atoms with Crippen molar-refractivity contribution in [3.8, 4) is 11.5 Å². The molecule has 2 rings (SSSR count). The van der Waals surface area contributed by atoms with Crippen molar-refractivity contribution >= 4 is 17.7 Å². The first-order chi connectivity index (χ1) is 8.56. The number of carbonyl (C=O) groups excluding carboxylic acids is 1. The largest absolute Gasteiger partial charge is 0.493 e. The molecule has 1 N–H and O–H groups in total.